The molecule has 0 bridgehead atoms. The molecule has 1 saturated heterocycles. The molecule has 0 aliphatic carbocycles. The molecule has 63 heavy (non-hydrogen) atoms. The lowest BCUT2D eigenvalue weighted by Gasteiger charge is -2.43. The van der Waals surface area contributed by atoms with Gasteiger partial charge >= 0.3 is 0 Å². The average molecular weight is 839 g/mol. The summed E-state index contributed by atoms with van der Waals surface area (Å²) in [6.45, 7) is 0. The first-order chi connectivity index (χ1) is 30.8. The van der Waals surface area contributed by atoms with Crippen molar-refractivity contribution in [2.75, 3.05) is 33.6 Å². The van der Waals surface area contributed by atoms with Gasteiger partial charge in [-0.3, -0.25) is 9.47 Å². The molecule has 5 atom stereocenters. The number of aliphatic hydroxyl groups excluding tert-OH is 2. The molecule has 3 heterocycles. The molecule has 11 heteroatoms. The predicted molar refractivity (Wildman–Crippen MR) is 244 cm³/mol. The summed E-state index contributed by atoms with van der Waals surface area (Å²) in [6, 6.07) is 55.4. The van der Waals surface area contributed by atoms with Gasteiger partial charge in [-0.1, -0.05) is 146 Å². The molecule has 2 unspecified atom stereocenters. The fourth-order valence-electron chi connectivity index (χ4n) is 9.49. The summed E-state index contributed by atoms with van der Waals surface area (Å²) in [5.74, 6) is 1.92. The lowest BCUT2D eigenvalue weighted by Crippen LogP contribution is -2.53. The van der Waals surface area contributed by atoms with E-state index in [0.717, 1.165) is 39.1 Å². The van der Waals surface area contributed by atoms with Gasteiger partial charge in [0.1, 0.15) is 41.7 Å². The number of imidazole rings is 1. The number of likely N-dealkylation sites (N-methyl/N-ethyl adjacent to an activating group) is 1. The number of hydrogen-bond acceptors (Lipinski definition) is 10. The first kappa shape index (κ1) is 41.5. The summed E-state index contributed by atoms with van der Waals surface area (Å²) in [5, 5.41) is 29.5. The van der Waals surface area contributed by atoms with Crippen LogP contribution in [0.5, 0.6) is 11.5 Å². The van der Waals surface area contributed by atoms with Crippen LogP contribution in [0.4, 0.5) is 5.82 Å². The zero-order valence-electron chi connectivity index (χ0n) is 35.6. The van der Waals surface area contributed by atoms with Crippen LogP contribution in [-0.2, 0) is 15.7 Å². The van der Waals surface area contributed by atoms with E-state index in [1.807, 2.05) is 157 Å². The number of nitrogens with zero attached hydrogens (tertiary/aromatic N) is 5. The van der Waals surface area contributed by atoms with Crippen molar-refractivity contribution in [3.63, 3.8) is 0 Å². The van der Waals surface area contributed by atoms with E-state index in [2.05, 4.69) is 41.7 Å². The van der Waals surface area contributed by atoms with Gasteiger partial charge < -0.3 is 29.7 Å². The van der Waals surface area contributed by atoms with Crippen LogP contribution < -0.4 is 14.8 Å². The van der Waals surface area contributed by atoms with E-state index in [-0.39, 0.29) is 0 Å². The van der Waals surface area contributed by atoms with E-state index < -0.39 is 41.5 Å². The first-order valence-electron chi connectivity index (χ1n) is 21.0. The Morgan fingerprint density at radius 3 is 1.54 bits per heavy atom. The maximum Gasteiger partial charge on any atom is 0.167 e. The van der Waals surface area contributed by atoms with E-state index in [1.54, 1.807) is 20.5 Å². The van der Waals surface area contributed by atoms with Crippen molar-refractivity contribution in [1.82, 2.24) is 24.4 Å². The summed E-state index contributed by atoms with van der Waals surface area (Å²) < 4.78 is 20.0. The van der Waals surface area contributed by atoms with E-state index in [4.69, 9.17) is 29.2 Å². The van der Waals surface area contributed by atoms with E-state index >= 15 is 0 Å². The minimum atomic E-state index is -1.29. The summed E-state index contributed by atoms with van der Waals surface area (Å²) in [5.41, 5.74) is 4.29. The third-order valence-electron chi connectivity index (χ3n) is 12.5. The molecule has 0 radical (unpaired) electrons. The van der Waals surface area contributed by atoms with Gasteiger partial charge in [-0.15, -0.1) is 0 Å². The Morgan fingerprint density at radius 2 is 1.06 bits per heavy atom. The fraction of sp³-hybridized carbons (Fsp3) is 0.212. The Morgan fingerprint density at radius 1 is 0.619 bits per heavy atom. The van der Waals surface area contributed by atoms with Gasteiger partial charge in [0.2, 0.25) is 0 Å². The highest BCUT2D eigenvalue weighted by atomic mass is 16.5. The highest BCUT2D eigenvalue weighted by molar-refractivity contribution is 5.84. The molecular weight excluding hydrogens is 789 g/mol. The van der Waals surface area contributed by atoms with Gasteiger partial charge in [-0.25, -0.2) is 15.0 Å². The van der Waals surface area contributed by atoms with Crippen molar-refractivity contribution in [1.29, 1.82) is 0 Å². The summed E-state index contributed by atoms with van der Waals surface area (Å²) >= 11 is 0. The van der Waals surface area contributed by atoms with Crippen LogP contribution in [0.3, 0.4) is 0 Å². The zero-order valence-corrected chi connectivity index (χ0v) is 35.6. The van der Waals surface area contributed by atoms with Crippen molar-refractivity contribution in [3.05, 3.63) is 216 Å². The van der Waals surface area contributed by atoms with Gasteiger partial charge in [0.15, 0.2) is 23.2 Å². The second-order valence-electron chi connectivity index (χ2n) is 16.0. The number of nitrogens with one attached hydrogen (secondary N) is 1. The summed E-state index contributed by atoms with van der Waals surface area (Å²) in [4.78, 5) is 16.5. The molecule has 1 fully saturated rings. The van der Waals surface area contributed by atoms with Crippen LogP contribution >= 0.6 is 0 Å². The average Bonchev–Trinajstić information content (AvgIpc) is 3.94. The van der Waals surface area contributed by atoms with Crippen molar-refractivity contribution >= 4 is 17.0 Å². The number of benzene rings is 6. The number of aliphatic hydroxyl groups is 2. The number of ether oxygens (including phenoxy) is 3. The number of aromatic nitrogens is 4. The van der Waals surface area contributed by atoms with E-state index in [9.17, 15) is 10.2 Å². The van der Waals surface area contributed by atoms with Gasteiger partial charge in [-0.05, 0) is 71.7 Å². The van der Waals surface area contributed by atoms with Crippen LogP contribution in [0.2, 0.25) is 0 Å². The summed E-state index contributed by atoms with van der Waals surface area (Å²) in [7, 11) is 7.08. The molecule has 0 amide bonds. The van der Waals surface area contributed by atoms with Crippen LogP contribution in [0.1, 0.15) is 39.6 Å². The molecule has 1 aliphatic heterocycles. The topological polar surface area (TPSA) is 127 Å². The highest BCUT2D eigenvalue weighted by Crippen LogP contribution is 2.48. The maximum atomic E-state index is 13.2. The van der Waals surface area contributed by atoms with E-state index in [0.29, 0.717) is 22.7 Å². The van der Waals surface area contributed by atoms with Gasteiger partial charge in [0.05, 0.1) is 32.0 Å². The third kappa shape index (κ3) is 7.18. The molecule has 2 aromatic heterocycles. The Labute approximate surface area is 367 Å². The van der Waals surface area contributed by atoms with Gasteiger partial charge in [0, 0.05) is 0 Å². The standard InChI is InChI=1S/C52H50N6O5/c1-57(2)44-45(59)46(47(60)51(35-17-9-5-10-18-35,36-19-11-6-12-20-36)37-25-29-41(61-3)30-26-37)63-50(44)58-34-55-43-48(53-33-54-49(43)58)56-52(38-21-13-7-14-22-38,39-23-15-8-16-24-39)40-27-31-42(62-4)32-28-40/h5-34,44-47,50,59-60H,1-4H3,(H,53,54,56)/t44?,45-,46-,47?,50+/m0/s1. The van der Waals surface area contributed by atoms with Crippen LogP contribution in [0.15, 0.2) is 183 Å². The number of rotatable bonds is 14. The van der Waals surface area contributed by atoms with Gasteiger partial charge in [0.25, 0.3) is 0 Å². The fourth-order valence-corrected chi connectivity index (χ4v) is 9.49. The van der Waals surface area contributed by atoms with Crippen LogP contribution in [0.25, 0.3) is 11.2 Å². The third-order valence-corrected chi connectivity index (χ3v) is 12.5. The van der Waals surface area contributed by atoms with Gasteiger partial charge in [-0.2, -0.15) is 0 Å². The number of hydrogen-bond donors (Lipinski definition) is 3. The summed E-state index contributed by atoms with van der Waals surface area (Å²) in [6.07, 6.45) is -1.15. The molecule has 9 rings (SSSR count). The molecule has 6 aromatic carbocycles. The second kappa shape index (κ2) is 17.5. The lowest BCUT2D eigenvalue weighted by atomic mass is 9.64. The Balaban J connectivity index is 1.16. The Hall–Kier alpha value is -6.89. The van der Waals surface area contributed by atoms with Crippen molar-refractivity contribution in [2.45, 2.75) is 41.5 Å². The monoisotopic (exact) mass is 838 g/mol. The van der Waals surface area contributed by atoms with Crippen molar-refractivity contribution < 1.29 is 24.4 Å². The van der Waals surface area contributed by atoms with Crippen LogP contribution in [-0.4, -0.2) is 87.3 Å². The SMILES string of the molecule is COc1ccc(C(Nc2ncnc3c2ncn3[C@@H]2O[C@H](C(O)C(c3ccccc3)(c3ccccc3)c3ccc(OC)cc3)[C@@H](O)C2N(C)C)(c2ccccc2)c2ccccc2)cc1. The Kier molecular flexibility index (Phi) is 11.5. The quantitative estimate of drug-likeness (QED) is 0.0934. The largest absolute Gasteiger partial charge is 0.497 e. The number of methoxy groups -OCH3 is 2. The maximum absolute atomic E-state index is 13.2. The number of fused-ring (bicyclic) bond motifs is 1. The second-order valence-corrected chi connectivity index (χ2v) is 16.0. The van der Waals surface area contributed by atoms with Crippen LogP contribution in [0, 0.1) is 0 Å². The number of anilines is 1. The zero-order chi connectivity index (χ0) is 43.6. The minimum Gasteiger partial charge on any atom is -0.497 e. The van der Waals surface area contributed by atoms with E-state index in [1.165, 1.54) is 6.33 Å². The normalized spacial score (nSPS) is 18.3. The Bertz CT molecular complexity index is 2660. The molecule has 8 aromatic rings. The molecule has 11 nitrogen and oxygen atoms in total. The van der Waals surface area contributed by atoms with Crippen molar-refractivity contribution in [2.24, 2.45) is 0 Å². The predicted octanol–water partition coefficient (Wildman–Crippen LogP) is 7.83. The highest BCUT2D eigenvalue weighted by Gasteiger charge is 2.56. The molecular formula is C52H50N6O5. The molecule has 3 N–H and O–H groups in total. The van der Waals surface area contributed by atoms with Crippen molar-refractivity contribution in [3.8, 4) is 11.5 Å². The lowest BCUT2D eigenvalue weighted by molar-refractivity contribution is -0.0965. The molecule has 0 spiro atoms. The smallest absolute Gasteiger partial charge is 0.167 e. The molecule has 318 valence electrons. The molecule has 1 aliphatic rings. The first-order valence-corrected chi connectivity index (χ1v) is 21.0. The molecule has 0 saturated carbocycles. The minimum absolute atomic E-state index is 0.490.